The van der Waals surface area contributed by atoms with Crippen molar-refractivity contribution in [3.63, 3.8) is 0 Å². The minimum absolute atomic E-state index is 0.157. The molecule has 1 saturated carbocycles. The molecule has 2 rings (SSSR count). The van der Waals surface area contributed by atoms with E-state index in [-0.39, 0.29) is 17.6 Å². The number of hydrogen-bond donors (Lipinski definition) is 1. The molecule has 0 radical (unpaired) electrons. The maximum atomic E-state index is 12.6. The number of nitrogens with zero attached hydrogens (tertiary/aromatic N) is 1. The van der Waals surface area contributed by atoms with Crippen LogP contribution in [-0.2, 0) is 15.6 Å². The average Bonchev–Trinajstić information content (AvgIpc) is 2.87. The summed E-state index contributed by atoms with van der Waals surface area (Å²) in [6.45, 7) is 2.77. The molecule has 1 heterocycles. The van der Waals surface area contributed by atoms with Gasteiger partial charge in [0.2, 0.25) is 5.91 Å². The molecule has 0 aromatic heterocycles. The van der Waals surface area contributed by atoms with Crippen LogP contribution in [0, 0.1) is 0 Å². The van der Waals surface area contributed by atoms with Crippen molar-refractivity contribution >= 4 is 16.7 Å². The maximum absolute atomic E-state index is 12.6. The van der Waals surface area contributed by atoms with Gasteiger partial charge in [0.15, 0.2) is 0 Å². The molecule has 1 aliphatic carbocycles. The Morgan fingerprint density at radius 3 is 2.67 bits per heavy atom. The van der Waals surface area contributed by atoms with Gasteiger partial charge < -0.3 is 4.90 Å². The quantitative estimate of drug-likeness (QED) is 0.819. The standard InChI is InChI=1S/C13H24N2O2S/c1-3-6-11-14-13(7-4-5-8-13)12(16)15(11)9-10-18(2)17/h11,14H,3-10H2,1-2H3. The summed E-state index contributed by atoms with van der Waals surface area (Å²) < 4.78 is 11.2. The van der Waals surface area contributed by atoms with Crippen LogP contribution >= 0.6 is 0 Å². The van der Waals surface area contributed by atoms with Crippen LogP contribution in [0.1, 0.15) is 45.4 Å². The summed E-state index contributed by atoms with van der Waals surface area (Å²) in [5, 5.41) is 3.57. The minimum atomic E-state index is -0.830. The lowest BCUT2D eigenvalue weighted by atomic mass is 9.98. The van der Waals surface area contributed by atoms with Crippen molar-refractivity contribution in [2.24, 2.45) is 0 Å². The molecule has 1 spiro atoms. The Morgan fingerprint density at radius 1 is 1.44 bits per heavy atom. The second-order valence-corrected chi connectivity index (χ2v) is 7.07. The van der Waals surface area contributed by atoms with E-state index in [2.05, 4.69) is 12.2 Å². The van der Waals surface area contributed by atoms with Crippen molar-refractivity contribution in [1.29, 1.82) is 0 Å². The number of carbonyl (C=O) groups excluding carboxylic acids is 1. The highest BCUT2D eigenvalue weighted by Crippen LogP contribution is 2.37. The van der Waals surface area contributed by atoms with E-state index in [1.165, 1.54) is 0 Å². The van der Waals surface area contributed by atoms with E-state index >= 15 is 0 Å². The van der Waals surface area contributed by atoms with E-state index in [1.54, 1.807) is 6.26 Å². The third-order valence-corrected chi connectivity index (χ3v) is 4.89. The lowest BCUT2D eigenvalue weighted by Crippen LogP contribution is -2.44. The number of amides is 1. The summed E-state index contributed by atoms with van der Waals surface area (Å²) in [5.74, 6) is 0.841. The van der Waals surface area contributed by atoms with Crippen LogP contribution in [0.2, 0.25) is 0 Å². The van der Waals surface area contributed by atoms with Gasteiger partial charge in [0.1, 0.15) is 0 Å². The van der Waals surface area contributed by atoms with Gasteiger partial charge in [0.05, 0.1) is 11.7 Å². The summed E-state index contributed by atoms with van der Waals surface area (Å²) in [4.78, 5) is 14.5. The van der Waals surface area contributed by atoms with E-state index in [0.29, 0.717) is 12.3 Å². The molecule has 5 heteroatoms. The van der Waals surface area contributed by atoms with E-state index in [9.17, 15) is 9.00 Å². The van der Waals surface area contributed by atoms with Crippen LogP contribution in [0.25, 0.3) is 0 Å². The van der Waals surface area contributed by atoms with Gasteiger partial charge in [0.25, 0.3) is 0 Å². The minimum Gasteiger partial charge on any atom is -0.325 e. The largest absolute Gasteiger partial charge is 0.325 e. The summed E-state index contributed by atoms with van der Waals surface area (Å²) in [5.41, 5.74) is -0.283. The van der Waals surface area contributed by atoms with Crippen molar-refractivity contribution < 1.29 is 9.00 Å². The van der Waals surface area contributed by atoms with E-state index in [4.69, 9.17) is 0 Å². The lowest BCUT2D eigenvalue weighted by Gasteiger charge is -2.23. The Morgan fingerprint density at radius 2 is 2.11 bits per heavy atom. The molecule has 2 unspecified atom stereocenters. The summed E-state index contributed by atoms with van der Waals surface area (Å²) in [6.07, 6.45) is 8.14. The second kappa shape index (κ2) is 5.70. The Balaban J connectivity index is 2.08. The molecule has 1 amide bonds. The monoisotopic (exact) mass is 272 g/mol. The number of hydrogen-bond acceptors (Lipinski definition) is 3. The summed E-state index contributed by atoms with van der Waals surface area (Å²) >= 11 is 0. The molecular formula is C13H24N2O2S. The normalized spacial score (nSPS) is 28.2. The number of carbonyl (C=O) groups is 1. The zero-order chi connectivity index (χ0) is 13.2. The predicted molar refractivity (Wildman–Crippen MR) is 73.7 cm³/mol. The van der Waals surface area contributed by atoms with Gasteiger partial charge in [-0.25, -0.2) is 0 Å². The van der Waals surface area contributed by atoms with Crippen LogP contribution in [0.3, 0.4) is 0 Å². The first kappa shape index (κ1) is 14.0. The van der Waals surface area contributed by atoms with Crippen LogP contribution in [0.15, 0.2) is 0 Å². The topological polar surface area (TPSA) is 49.4 Å². The van der Waals surface area contributed by atoms with Crippen molar-refractivity contribution in [3.05, 3.63) is 0 Å². The molecule has 2 aliphatic rings. The van der Waals surface area contributed by atoms with Crippen LogP contribution in [0.5, 0.6) is 0 Å². The first-order valence-corrected chi connectivity index (χ1v) is 8.70. The zero-order valence-electron chi connectivity index (χ0n) is 11.4. The van der Waals surface area contributed by atoms with Gasteiger partial charge in [-0.05, 0) is 19.3 Å². The van der Waals surface area contributed by atoms with Crippen LogP contribution in [-0.4, -0.2) is 45.3 Å². The van der Waals surface area contributed by atoms with Gasteiger partial charge >= 0.3 is 0 Å². The van der Waals surface area contributed by atoms with E-state index < -0.39 is 10.8 Å². The Kier molecular flexibility index (Phi) is 4.43. The fraction of sp³-hybridized carbons (Fsp3) is 0.923. The molecule has 2 fully saturated rings. The number of nitrogens with one attached hydrogen (secondary N) is 1. The maximum Gasteiger partial charge on any atom is 0.244 e. The van der Waals surface area contributed by atoms with Crippen LogP contribution in [0.4, 0.5) is 0 Å². The molecule has 1 N–H and O–H groups in total. The van der Waals surface area contributed by atoms with Gasteiger partial charge in [0, 0.05) is 29.4 Å². The molecule has 1 saturated heterocycles. The lowest BCUT2D eigenvalue weighted by molar-refractivity contribution is -0.133. The molecule has 18 heavy (non-hydrogen) atoms. The Bertz CT molecular complexity index is 340. The van der Waals surface area contributed by atoms with Crippen molar-refractivity contribution in [1.82, 2.24) is 10.2 Å². The number of rotatable bonds is 5. The summed E-state index contributed by atoms with van der Waals surface area (Å²) in [6, 6.07) is 0. The summed E-state index contributed by atoms with van der Waals surface area (Å²) in [7, 11) is -0.830. The van der Waals surface area contributed by atoms with Gasteiger partial charge in [-0.1, -0.05) is 26.2 Å². The average molecular weight is 272 g/mol. The highest BCUT2D eigenvalue weighted by Gasteiger charge is 2.51. The third-order valence-electron chi connectivity index (χ3n) is 4.13. The van der Waals surface area contributed by atoms with Crippen molar-refractivity contribution in [2.75, 3.05) is 18.6 Å². The fourth-order valence-electron chi connectivity index (χ4n) is 3.20. The molecule has 104 valence electrons. The van der Waals surface area contributed by atoms with Gasteiger partial charge in [-0.2, -0.15) is 0 Å². The smallest absolute Gasteiger partial charge is 0.244 e. The molecular weight excluding hydrogens is 248 g/mol. The highest BCUT2D eigenvalue weighted by atomic mass is 32.2. The van der Waals surface area contributed by atoms with E-state index in [1.807, 2.05) is 4.90 Å². The van der Waals surface area contributed by atoms with Crippen molar-refractivity contribution in [3.8, 4) is 0 Å². The molecule has 0 bridgehead atoms. The van der Waals surface area contributed by atoms with Crippen LogP contribution < -0.4 is 5.32 Å². The van der Waals surface area contributed by atoms with E-state index in [0.717, 1.165) is 38.5 Å². The molecule has 0 aromatic carbocycles. The molecule has 2 atom stereocenters. The predicted octanol–water partition coefficient (Wildman–Crippen LogP) is 1.24. The second-order valence-electron chi connectivity index (χ2n) is 5.51. The molecule has 0 aromatic rings. The first-order chi connectivity index (χ1) is 8.59. The van der Waals surface area contributed by atoms with Gasteiger partial charge in [-0.3, -0.25) is 14.3 Å². The SMILES string of the molecule is CCCC1NC2(CCCC2)C(=O)N1CCS(C)=O. The Labute approximate surface area is 112 Å². The van der Waals surface area contributed by atoms with Gasteiger partial charge in [-0.15, -0.1) is 0 Å². The third kappa shape index (κ3) is 2.62. The molecule has 1 aliphatic heterocycles. The van der Waals surface area contributed by atoms with Crippen molar-refractivity contribution in [2.45, 2.75) is 57.2 Å². The fourth-order valence-corrected chi connectivity index (χ4v) is 3.65. The highest BCUT2D eigenvalue weighted by molar-refractivity contribution is 7.84. The molecule has 4 nitrogen and oxygen atoms in total. The Hall–Kier alpha value is -0.420. The first-order valence-electron chi connectivity index (χ1n) is 6.98. The zero-order valence-corrected chi connectivity index (χ0v) is 12.2.